The number of anilines is 1. The molecule has 0 bridgehead atoms. The van der Waals surface area contributed by atoms with Crippen molar-refractivity contribution in [1.82, 2.24) is 10.2 Å². The summed E-state index contributed by atoms with van der Waals surface area (Å²) in [5, 5.41) is 10.9. The maximum Gasteiger partial charge on any atom is 0.293 e. The first-order valence-corrected chi connectivity index (χ1v) is 8.60. The number of aromatic nitrogens is 2. The molecule has 118 valence electrons. The Kier molecular flexibility index (Phi) is 4.73. The van der Waals surface area contributed by atoms with Gasteiger partial charge in [0.05, 0.1) is 5.56 Å². The van der Waals surface area contributed by atoms with Gasteiger partial charge in [0.2, 0.25) is 5.13 Å². The molecule has 0 saturated carbocycles. The van der Waals surface area contributed by atoms with Gasteiger partial charge in [0.1, 0.15) is 11.6 Å². The van der Waals surface area contributed by atoms with Crippen molar-refractivity contribution in [2.45, 2.75) is 11.3 Å². The molecule has 0 aliphatic carbocycles. The highest BCUT2D eigenvalue weighted by atomic mass is 32.2. The first-order chi connectivity index (χ1) is 11.2. The van der Waals surface area contributed by atoms with Crippen molar-refractivity contribution in [3.8, 4) is 11.3 Å². The Morgan fingerprint density at radius 1 is 1.30 bits per heavy atom. The number of nitrogens with zero attached hydrogens (tertiary/aromatic N) is 2. The molecule has 5 nitrogen and oxygen atoms in total. The molecule has 2 heterocycles. The minimum absolute atomic E-state index is 0.0862. The lowest BCUT2D eigenvalue weighted by atomic mass is 10.1. The van der Waals surface area contributed by atoms with Gasteiger partial charge in [-0.3, -0.25) is 10.1 Å². The first-order valence-electron chi connectivity index (χ1n) is 6.79. The van der Waals surface area contributed by atoms with Gasteiger partial charge in [-0.05, 0) is 30.0 Å². The van der Waals surface area contributed by atoms with E-state index in [9.17, 15) is 9.18 Å². The van der Waals surface area contributed by atoms with Gasteiger partial charge >= 0.3 is 0 Å². The summed E-state index contributed by atoms with van der Waals surface area (Å²) >= 11 is 2.84. The fourth-order valence-corrected chi connectivity index (χ4v) is 3.51. The van der Waals surface area contributed by atoms with Crippen molar-refractivity contribution in [3.05, 3.63) is 48.0 Å². The number of halogens is 1. The Labute approximate surface area is 139 Å². The highest BCUT2D eigenvalue weighted by Crippen LogP contribution is 2.27. The van der Waals surface area contributed by atoms with Crippen LogP contribution < -0.4 is 5.32 Å². The van der Waals surface area contributed by atoms with E-state index in [-0.39, 0.29) is 5.76 Å². The average Bonchev–Trinajstić information content (AvgIpc) is 3.18. The minimum atomic E-state index is -0.447. The third kappa shape index (κ3) is 3.59. The lowest BCUT2D eigenvalue weighted by Crippen LogP contribution is -2.10. The van der Waals surface area contributed by atoms with Gasteiger partial charge in [-0.15, -0.1) is 10.2 Å². The van der Waals surface area contributed by atoms with Crippen LogP contribution in [0.15, 0.2) is 45.2 Å². The van der Waals surface area contributed by atoms with E-state index < -0.39 is 11.7 Å². The number of hydrogen-bond acceptors (Lipinski definition) is 6. The van der Waals surface area contributed by atoms with Crippen LogP contribution >= 0.6 is 23.1 Å². The van der Waals surface area contributed by atoms with Gasteiger partial charge in [0, 0.05) is 0 Å². The second kappa shape index (κ2) is 6.93. The van der Waals surface area contributed by atoms with Crippen molar-refractivity contribution >= 4 is 34.1 Å². The van der Waals surface area contributed by atoms with Gasteiger partial charge in [-0.25, -0.2) is 4.39 Å². The maximum atomic E-state index is 13.7. The molecular weight excluding hydrogens is 337 g/mol. The zero-order valence-electron chi connectivity index (χ0n) is 12.1. The van der Waals surface area contributed by atoms with E-state index in [0.717, 1.165) is 10.1 Å². The molecule has 0 aliphatic rings. The number of hydrogen-bond donors (Lipinski definition) is 1. The third-order valence-corrected chi connectivity index (χ3v) is 4.72. The lowest BCUT2D eigenvalue weighted by molar-refractivity contribution is 0.0997. The first kappa shape index (κ1) is 15.7. The summed E-state index contributed by atoms with van der Waals surface area (Å²) in [7, 11) is 0. The lowest BCUT2D eigenvalue weighted by Gasteiger charge is -1.99. The standard InChI is InChI=1S/C15H12FN3O2S2/c1-2-22-15-19-18-14(23-15)17-13(20)12-8-7-11(21-12)9-5-3-4-6-10(9)16/h3-8H,2H2,1H3,(H,17,18,20). The number of nitrogens with one attached hydrogen (secondary N) is 1. The summed E-state index contributed by atoms with van der Waals surface area (Å²) < 4.78 is 20.0. The van der Waals surface area contributed by atoms with Gasteiger partial charge in [0.15, 0.2) is 10.1 Å². The highest BCUT2D eigenvalue weighted by molar-refractivity contribution is 8.01. The zero-order chi connectivity index (χ0) is 16.2. The van der Waals surface area contributed by atoms with E-state index in [1.807, 2.05) is 6.92 Å². The number of thioether (sulfide) groups is 1. The summed E-state index contributed by atoms with van der Waals surface area (Å²) in [6.07, 6.45) is 0. The van der Waals surface area contributed by atoms with Crippen molar-refractivity contribution < 1.29 is 13.6 Å². The molecule has 23 heavy (non-hydrogen) atoms. The van der Waals surface area contributed by atoms with Crippen LogP contribution in [0.1, 0.15) is 17.5 Å². The van der Waals surface area contributed by atoms with Crippen molar-refractivity contribution in [2.24, 2.45) is 0 Å². The molecule has 0 unspecified atom stereocenters. The van der Waals surface area contributed by atoms with E-state index in [0.29, 0.717) is 16.5 Å². The molecule has 0 atom stereocenters. The maximum absolute atomic E-state index is 13.7. The van der Waals surface area contributed by atoms with Crippen molar-refractivity contribution in [2.75, 3.05) is 11.1 Å². The Bertz CT molecular complexity index is 832. The summed E-state index contributed by atoms with van der Waals surface area (Å²) in [5.74, 6) is 0.416. The molecule has 2 aromatic heterocycles. The van der Waals surface area contributed by atoms with Gasteiger partial charge in [-0.1, -0.05) is 42.2 Å². The monoisotopic (exact) mass is 349 g/mol. The molecule has 0 saturated heterocycles. The Morgan fingerprint density at radius 3 is 2.91 bits per heavy atom. The van der Waals surface area contributed by atoms with Crippen LogP contribution in [0.2, 0.25) is 0 Å². The molecule has 1 amide bonds. The SMILES string of the molecule is CCSc1nnc(NC(=O)c2ccc(-c3ccccc3F)o2)s1. The van der Waals surface area contributed by atoms with E-state index in [2.05, 4.69) is 15.5 Å². The topological polar surface area (TPSA) is 68.0 Å². The summed E-state index contributed by atoms with van der Waals surface area (Å²) in [6, 6.07) is 9.29. The average molecular weight is 349 g/mol. The number of carbonyl (C=O) groups excluding carboxylic acids is 1. The van der Waals surface area contributed by atoms with Crippen LogP contribution in [0.4, 0.5) is 9.52 Å². The fourth-order valence-electron chi connectivity index (χ4n) is 1.87. The molecule has 0 aliphatic heterocycles. The predicted octanol–water partition coefficient (Wildman–Crippen LogP) is 4.30. The van der Waals surface area contributed by atoms with Gasteiger partial charge in [-0.2, -0.15) is 0 Å². The number of carbonyl (C=O) groups is 1. The van der Waals surface area contributed by atoms with E-state index in [1.165, 1.54) is 23.5 Å². The Balaban J connectivity index is 1.74. The zero-order valence-corrected chi connectivity index (χ0v) is 13.7. The van der Waals surface area contributed by atoms with Gasteiger partial charge < -0.3 is 4.42 Å². The molecule has 0 fully saturated rings. The third-order valence-electron chi connectivity index (χ3n) is 2.86. The minimum Gasteiger partial charge on any atom is -0.451 e. The predicted molar refractivity (Wildman–Crippen MR) is 88.4 cm³/mol. The molecule has 1 N–H and O–H groups in total. The molecule has 3 rings (SSSR count). The summed E-state index contributed by atoms with van der Waals surface area (Å²) in [6.45, 7) is 2.01. The number of amides is 1. The number of benzene rings is 1. The van der Waals surface area contributed by atoms with Crippen LogP contribution in [0.3, 0.4) is 0 Å². The van der Waals surface area contributed by atoms with Crippen molar-refractivity contribution in [3.63, 3.8) is 0 Å². The van der Waals surface area contributed by atoms with E-state index >= 15 is 0 Å². The van der Waals surface area contributed by atoms with Crippen LogP contribution in [0.5, 0.6) is 0 Å². The molecule has 0 spiro atoms. The van der Waals surface area contributed by atoms with Gasteiger partial charge in [0.25, 0.3) is 5.91 Å². The second-order valence-corrected chi connectivity index (χ2v) is 6.89. The van der Waals surface area contributed by atoms with Crippen molar-refractivity contribution in [1.29, 1.82) is 0 Å². The molecule has 1 aromatic carbocycles. The largest absolute Gasteiger partial charge is 0.451 e. The molecule has 8 heteroatoms. The van der Waals surface area contributed by atoms with Crippen LogP contribution in [-0.2, 0) is 0 Å². The van der Waals surface area contributed by atoms with Crippen LogP contribution in [-0.4, -0.2) is 21.9 Å². The van der Waals surface area contributed by atoms with Crippen LogP contribution in [0.25, 0.3) is 11.3 Å². The smallest absolute Gasteiger partial charge is 0.293 e. The van der Waals surface area contributed by atoms with Crippen LogP contribution in [0, 0.1) is 5.82 Å². The highest BCUT2D eigenvalue weighted by Gasteiger charge is 2.16. The fraction of sp³-hybridized carbons (Fsp3) is 0.133. The second-order valence-electron chi connectivity index (χ2n) is 4.40. The normalized spacial score (nSPS) is 10.7. The molecular formula is C15H12FN3O2S2. The van der Waals surface area contributed by atoms with E-state index in [4.69, 9.17) is 4.42 Å². The Morgan fingerprint density at radius 2 is 2.13 bits per heavy atom. The Hall–Kier alpha value is -2.19. The number of rotatable bonds is 5. The van der Waals surface area contributed by atoms with E-state index in [1.54, 1.807) is 36.0 Å². The summed E-state index contributed by atoms with van der Waals surface area (Å²) in [4.78, 5) is 12.1. The molecule has 0 radical (unpaired) electrons. The molecule has 3 aromatic rings. The quantitative estimate of drug-likeness (QED) is 0.549. The number of furan rings is 1. The summed E-state index contributed by atoms with van der Waals surface area (Å²) in [5.41, 5.74) is 0.309.